The van der Waals surface area contributed by atoms with Gasteiger partial charge in [-0.1, -0.05) is 12.1 Å². The van der Waals surface area contributed by atoms with Gasteiger partial charge in [0, 0.05) is 34.4 Å². The van der Waals surface area contributed by atoms with Gasteiger partial charge >= 0.3 is 0 Å². The number of aromatic amines is 1. The molecule has 6 heteroatoms. The van der Waals surface area contributed by atoms with Crippen LogP contribution in [0.3, 0.4) is 0 Å². The van der Waals surface area contributed by atoms with E-state index in [1.165, 1.54) is 6.08 Å². The Balaban J connectivity index is 1.88. The van der Waals surface area contributed by atoms with Crippen molar-refractivity contribution in [3.63, 3.8) is 0 Å². The Morgan fingerprint density at radius 2 is 2.09 bits per heavy atom. The zero-order valence-electron chi connectivity index (χ0n) is 12.0. The highest BCUT2D eigenvalue weighted by Crippen LogP contribution is 2.25. The molecule has 4 aromatic rings. The van der Waals surface area contributed by atoms with Gasteiger partial charge in [0.15, 0.2) is 0 Å². The number of H-pyrrole nitrogens is 1. The van der Waals surface area contributed by atoms with Crippen LogP contribution in [0.25, 0.3) is 33.7 Å². The van der Waals surface area contributed by atoms with Gasteiger partial charge < -0.3 is 4.98 Å². The van der Waals surface area contributed by atoms with Crippen LogP contribution < -0.4 is 0 Å². The minimum Gasteiger partial charge on any atom is -0.361 e. The van der Waals surface area contributed by atoms with Crippen molar-refractivity contribution < 1.29 is 4.92 Å². The lowest BCUT2D eigenvalue weighted by atomic mass is 10.1. The molecule has 0 fully saturated rings. The molecule has 4 rings (SSSR count). The number of imidazole rings is 1. The molecule has 0 radical (unpaired) electrons. The van der Waals surface area contributed by atoms with E-state index in [0.717, 1.165) is 39.4 Å². The normalized spacial score (nSPS) is 11.7. The second-order valence-electron chi connectivity index (χ2n) is 5.18. The van der Waals surface area contributed by atoms with Crippen LogP contribution in [-0.4, -0.2) is 19.5 Å². The van der Waals surface area contributed by atoms with E-state index in [9.17, 15) is 10.1 Å². The molecule has 112 valence electrons. The zero-order chi connectivity index (χ0) is 15.8. The van der Waals surface area contributed by atoms with Crippen molar-refractivity contribution >= 4 is 28.0 Å². The van der Waals surface area contributed by atoms with Gasteiger partial charge in [-0.05, 0) is 30.3 Å². The summed E-state index contributed by atoms with van der Waals surface area (Å²) in [7, 11) is 0. The molecule has 0 bridgehead atoms. The van der Waals surface area contributed by atoms with E-state index in [-0.39, 0.29) is 0 Å². The summed E-state index contributed by atoms with van der Waals surface area (Å²) in [5.41, 5.74) is 4.62. The molecule has 0 atom stereocenters. The first-order valence-electron chi connectivity index (χ1n) is 7.08. The maximum absolute atomic E-state index is 10.5. The molecule has 0 aliphatic rings. The largest absolute Gasteiger partial charge is 0.361 e. The third-order valence-corrected chi connectivity index (χ3v) is 3.80. The molecule has 0 aliphatic carbocycles. The van der Waals surface area contributed by atoms with Gasteiger partial charge in [-0.15, -0.1) is 0 Å². The lowest BCUT2D eigenvalue weighted by Gasteiger charge is -2.05. The van der Waals surface area contributed by atoms with Crippen molar-refractivity contribution in [3.8, 4) is 5.69 Å². The number of hydrogen-bond donors (Lipinski definition) is 1. The highest BCUT2D eigenvalue weighted by atomic mass is 16.6. The Morgan fingerprint density at radius 3 is 2.96 bits per heavy atom. The fourth-order valence-corrected chi connectivity index (χ4v) is 2.72. The molecule has 2 aromatic carbocycles. The van der Waals surface area contributed by atoms with E-state index in [1.807, 2.05) is 47.0 Å². The quantitative estimate of drug-likeness (QED) is 0.462. The van der Waals surface area contributed by atoms with Crippen LogP contribution in [-0.2, 0) is 0 Å². The Morgan fingerprint density at radius 1 is 1.22 bits per heavy atom. The average Bonchev–Trinajstić information content (AvgIpc) is 3.16. The summed E-state index contributed by atoms with van der Waals surface area (Å²) >= 11 is 0. The minimum absolute atomic E-state index is 0.466. The summed E-state index contributed by atoms with van der Waals surface area (Å²) in [6.45, 7) is 0. The van der Waals surface area contributed by atoms with Crippen LogP contribution in [0.2, 0.25) is 0 Å². The van der Waals surface area contributed by atoms with Crippen molar-refractivity contribution in [1.29, 1.82) is 0 Å². The highest BCUT2D eigenvalue weighted by Gasteiger charge is 2.07. The lowest BCUT2D eigenvalue weighted by molar-refractivity contribution is -0.400. The molecular formula is C17H12N4O2. The van der Waals surface area contributed by atoms with E-state index in [0.29, 0.717) is 0 Å². The molecule has 0 saturated carbocycles. The van der Waals surface area contributed by atoms with E-state index in [1.54, 1.807) is 12.5 Å². The molecule has 23 heavy (non-hydrogen) atoms. The first-order chi connectivity index (χ1) is 11.2. The van der Waals surface area contributed by atoms with Crippen LogP contribution >= 0.6 is 0 Å². The summed E-state index contributed by atoms with van der Waals surface area (Å²) in [5.74, 6) is 0. The van der Waals surface area contributed by atoms with Crippen LogP contribution in [0.1, 0.15) is 5.56 Å². The maximum Gasteiger partial charge on any atom is 0.235 e. The summed E-state index contributed by atoms with van der Waals surface area (Å²) in [5, 5.41) is 11.5. The summed E-state index contributed by atoms with van der Waals surface area (Å²) < 4.78 is 2.00. The van der Waals surface area contributed by atoms with Crippen molar-refractivity contribution in [3.05, 3.63) is 76.9 Å². The first-order valence-corrected chi connectivity index (χ1v) is 7.08. The molecule has 6 nitrogen and oxygen atoms in total. The number of nitrogens with one attached hydrogen (secondary N) is 1. The van der Waals surface area contributed by atoms with Crippen molar-refractivity contribution in [2.45, 2.75) is 0 Å². The van der Waals surface area contributed by atoms with Crippen LogP contribution in [0.4, 0.5) is 0 Å². The molecular weight excluding hydrogens is 292 g/mol. The minimum atomic E-state index is -0.466. The van der Waals surface area contributed by atoms with Gasteiger partial charge in [0.25, 0.3) is 0 Å². The molecule has 0 spiro atoms. The van der Waals surface area contributed by atoms with E-state index in [4.69, 9.17) is 0 Å². The Hall–Kier alpha value is -3.41. The van der Waals surface area contributed by atoms with E-state index < -0.39 is 4.92 Å². The Bertz CT molecular complexity index is 1060. The second kappa shape index (κ2) is 5.10. The van der Waals surface area contributed by atoms with Crippen molar-refractivity contribution in [2.75, 3.05) is 0 Å². The number of rotatable bonds is 3. The molecule has 2 heterocycles. The Labute approximate surface area is 130 Å². The molecule has 0 aliphatic heterocycles. The van der Waals surface area contributed by atoms with Crippen molar-refractivity contribution in [2.24, 2.45) is 0 Å². The van der Waals surface area contributed by atoms with Gasteiger partial charge in [0.2, 0.25) is 6.20 Å². The van der Waals surface area contributed by atoms with E-state index in [2.05, 4.69) is 9.97 Å². The van der Waals surface area contributed by atoms with Gasteiger partial charge in [-0.25, -0.2) is 4.98 Å². The number of benzene rings is 2. The number of nitrogens with zero attached hydrogens (tertiary/aromatic N) is 3. The topological polar surface area (TPSA) is 76.8 Å². The molecule has 2 aromatic heterocycles. The van der Waals surface area contributed by atoms with Gasteiger partial charge in [-0.3, -0.25) is 14.7 Å². The number of nitro groups is 1. The number of aromatic nitrogens is 3. The van der Waals surface area contributed by atoms with Crippen molar-refractivity contribution in [1.82, 2.24) is 14.5 Å². The predicted molar refractivity (Wildman–Crippen MR) is 89.0 cm³/mol. The average molecular weight is 304 g/mol. The SMILES string of the molecule is O=[N+]([O-])/C=C/c1c[nH]c2ccc(-n3cnc4ccccc43)cc12. The van der Waals surface area contributed by atoms with Gasteiger partial charge in [-0.2, -0.15) is 0 Å². The predicted octanol–water partition coefficient (Wildman–Crippen LogP) is 3.75. The summed E-state index contributed by atoms with van der Waals surface area (Å²) in [4.78, 5) is 17.6. The monoisotopic (exact) mass is 304 g/mol. The third kappa shape index (κ3) is 2.26. The molecule has 0 unspecified atom stereocenters. The highest BCUT2D eigenvalue weighted by molar-refractivity contribution is 5.91. The summed E-state index contributed by atoms with van der Waals surface area (Å²) in [6, 6.07) is 13.9. The first kappa shape index (κ1) is 13.3. The maximum atomic E-state index is 10.5. The molecule has 1 N–H and O–H groups in total. The number of para-hydroxylation sites is 2. The number of fused-ring (bicyclic) bond motifs is 2. The standard InChI is InChI=1S/C17H12N4O2/c22-21(23)8-7-12-10-18-15-6-5-13(9-14(12)15)20-11-19-16-3-1-2-4-17(16)20/h1-11,18H/b8-7+. The molecule has 0 saturated heterocycles. The Kier molecular flexibility index (Phi) is 2.94. The smallest absolute Gasteiger partial charge is 0.235 e. The second-order valence-corrected chi connectivity index (χ2v) is 5.18. The van der Waals surface area contributed by atoms with Gasteiger partial charge in [0.1, 0.15) is 6.33 Å². The number of hydrogen-bond acceptors (Lipinski definition) is 3. The van der Waals surface area contributed by atoms with Gasteiger partial charge in [0.05, 0.1) is 16.0 Å². The molecule has 0 amide bonds. The summed E-state index contributed by atoms with van der Waals surface area (Å²) in [6.07, 6.45) is 5.99. The van der Waals surface area contributed by atoms with Crippen LogP contribution in [0.5, 0.6) is 0 Å². The van der Waals surface area contributed by atoms with E-state index >= 15 is 0 Å². The third-order valence-electron chi connectivity index (χ3n) is 3.80. The van der Waals surface area contributed by atoms with Crippen LogP contribution in [0, 0.1) is 10.1 Å². The van der Waals surface area contributed by atoms with Crippen LogP contribution in [0.15, 0.2) is 61.2 Å². The zero-order valence-corrected chi connectivity index (χ0v) is 12.0. The lowest BCUT2D eigenvalue weighted by Crippen LogP contribution is -1.91. The fraction of sp³-hybridized carbons (Fsp3) is 0. The fourth-order valence-electron chi connectivity index (χ4n) is 2.72.